The number of anilines is 1. The minimum Gasteiger partial charge on any atom is -0.462 e. The lowest BCUT2D eigenvalue weighted by Gasteiger charge is -2.04. The molecule has 0 fully saturated rings. The van der Waals surface area contributed by atoms with Crippen molar-refractivity contribution in [2.24, 2.45) is 0 Å². The number of thiophene rings is 1. The van der Waals surface area contributed by atoms with Gasteiger partial charge in [0.25, 0.3) is 0 Å². The zero-order chi connectivity index (χ0) is 18.0. The average molecular weight is 439 g/mol. The Balaban J connectivity index is 1.91. The number of nitrogens with two attached hydrogens (primary N) is 1. The Hall–Kier alpha value is -1.71. The summed E-state index contributed by atoms with van der Waals surface area (Å²) in [5.41, 5.74) is 6.88. The Morgan fingerprint density at radius 1 is 1.44 bits per heavy atom. The maximum Gasteiger partial charge on any atom is 0.348 e. The molecule has 2 N–H and O–H groups in total. The number of fused-ring (bicyclic) bond motifs is 1. The molecule has 0 saturated carbocycles. The van der Waals surface area contributed by atoms with Crippen molar-refractivity contribution in [2.75, 3.05) is 12.3 Å². The van der Waals surface area contributed by atoms with Gasteiger partial charge in [0.05, 0.1) is 17.7 Å². The van der Waals surface area contributed by atoms with Crippen LogP contribution in [-0.4, -0.2) is 27.5 Å². The highest BCUT2D eigenvalue weighted by molar-refractivity contribution is 9.10. The lowest BCUT2D eigenvalue weighted by atomic mass is 10.2. The largest absolute Gasteiger partial charge is 0.462 e. The Morgan fingerprint density at radius 3 is 2.96 bits per heavy atom. The summed E-state index contributed by atoms with van der Waals surface area (Å²) in [6, 6.07) is 3.79. The second-order valence-corrected chi connectivity index (χ2v) is 7.88. The van der Waals surface area contributed by atoms with Crippen molar-refractivity contribution >= 4 is 61.0 Å². The van der Waals surface area contributed by atoms with Crippen LogP contribution in [0.2, 0.25) is 0 Å². The molecule has 0 atom stereocenters. The number of halogens is 1. The third-order valence-corrected chi connectivity index (χ3v) is 6.46. The predicted molar refractivity (Wildman–Crippen MR) is 104 cm³/mol. The van der Waals surface area contributed by atoms with Crippen LogP contribution < -0.4 is 5.73 Å². The number of esters is 1. The number of carbonyl (C=O) groups is 1. The minimum absolute atomic E-state index is 0.328. The van der Waals surface area contributed by atoms with E-state index in [4.69, 9.17) is 10.5 Å². The summed E-state index contributed by atoms with van der Waals surface area (Å²) in [4.78, 5) is 26.5. The predicted octanol–water partition coefficient (Wildman–Crippen LogP) is 4.21. The fraction of sp³-hybridized carbons (Fsp3) is 0.250. The van der Waals surface area contributed by atoms with Crippen molar-refractivity contribution in [3.05, 3.63) is 39.1 Å². The average Bonchev–Trinajstić information content (AvgIpc) is 2.92. The van der Waals surface area contributed by atoms with E-state index in [1.807, 2.05) is 19.1 Å². The normalized spacial score (nSPS) is 11.0. The number of hydrogen-bond donors (Lipinski definition) is 1. The summed E-state index contributed by atoms with van der Waals surface area (Å²) in [5.74, 6) is 1.16. The van der Waals surface area contributed by atoms with Gasteiger partial charge in [-0.3, -0.25) is 0 Å². The highest BCUT2D eigenvalue weighted by Crippen LogP contribution is 2.34. The Labute approximate surface area is 161 Å². The first-order valence-corrected chi connectivity index (χ1v) is 10.1. The zero-order valence-electron chi connectivity index (χ0n) is 13.6. The quantitative estimate of drug-likeness (QED) is 0.470. The SMILES string of the molecule is CCOC(=O)c1sc2nc(CSc3ncccc3Br)nc(N)c2c1C. The molecular weight excluding hydrogens is 424 g/mol. The molecule has 0 unspecified atom stereocenters. The van der Waals surface area contributed by atoms with Crippen LogP contribution in [0.5, 0.6) is 0 Å². The lowest BCUT2D eigenvalue weighted by molar-refractivity contribution is 0.0531. The molecule has 0 aromatic carbocycles. The Bertz CT molecular complexity index is 945. The van der Waals surface area contributed by atoms with Crippen LogP contribution in [-0.2, 0) is 10.5 Å². The maximum absolute atomic E-state index is 12.1. The van der Waals surface area contributed by atoms with Gasteiger partial charge in [0, 0.05) is 10.7 Å². The van der Waals surface area contributed by atoms with E-state index in [2.05, 4.69) is 30.9 Å². The van der Waals surface area contributed by atoms with Gasteiger partial charge in [-0.2, -0.15) is 0 Å². The monoisotopic (exact) mass is 438 g/mol. The van der Waals surface area contributed by atoms with E-state index in [1.165, 1.54) is 23.1 Å². The highest BCUT2D eigenvalue weighted by atomic mass is 79.9. The van der Waals surface area contributed by atoms with Crippen molar-refractivity contribution < 1.29 is 9.53 Å². The third-order valence-electron chi connectivity index (χ3n) is 3.39. The number of aromatic nitrogens is 3. The number of rotatable bonds is 5. The van der Waals surface area contributed by atoms with E-state index < -0.39 is 0 Å². The van der Waals surface area contributed by atoms with Gasteiger partial charge < -0.3 is 10.5 Å². The van der Waals surface area contributed by atoms with Gasteiger partial charge >= 0.3 is 5.97 Å². The van der Waals surface area contributed by atoms with Crippen LogP contribution >= 0.6 is 39.0 Å². The Morgan fingerprint density at radius 2 is 2.24 bits per heavy atom. The van der Waals surface area contributed by atoms with Crippen LogP contribution in [0.15, 0.2) is 27.8 Å². The number of aryl methyl sites for hydroxylation is 1. The fourth-order valence-electron chi connectivity index (χ4n) is 2.28. The van der Waals surface area contributed by atoms with Gasteiger partial charge in [-0.15, -0.1) is 11.3 Å². The van der Waals surface area contributed by atoms with Crippen molar-refractivity contribution in [3.63, 3.8) is 0 Å². The minimum atomic E-state index is -0.351. The molecule has 3 rings (SSSR count). The van der Waals surface area contributed by atoms with Crippen LogP contribution in [0, 0.1) is 6.92 Å². The van der Waals surface area contributed by atoms with E-state index >= 15 is 0 Å². The number of carbonyl (C=O) groups excluding carboxylic acids is 1. The molecule has 130 valence electrons. The fourth-order valence-corrected chi connectivity index (χ4v) is 4.72. The van der Waals surface area contributed by atoms with E-state index in [0.717, 1.165) is 20.4 Å². The summed E-state index contributed by atoms with van der Waals surface area (Å²) in [6.07, 6.45) is 1.74. The molecule has 0 amide bonds. The van der Waals surface area contributed by atoms with E-state index in [1.54, 1.807) is 13.1 Å². The molecule has 3 aromatic rings. The van der Waals surface area contributed by atoms with Crippen LogP contribution in [0.4, 0.5) is 5.82 Å². The molecule has 25 heavy (non-hydrogen) atoms. The molecule has 0 aliphatic rings. The standard InChI is InChI=1S/C16H15BrN4O2S2/c1-3-23-16(22)12-8(2)11-13(18)20-10(21-15(11)25-12)7-24-14-9(17)5-4-6-19-14/h4-6H,3,7H2,1-2H3,(H2,18,20,21). The van der Waals surface area contributed by atoms with Crippen molar-refractivity contribution in [3.8, 4) is 0 Å². The van der Waals surface area contributed by atoms with Gasteiger partial charge in [0.1, 0.15) is 26.4 Å². The van der Waals surface area contributed by atoms with Crippen molar-refractivity contribution in [1.82, 2.24) is 15.0 Å². The van der Waals surface area contributed by atoms with Gasteiger partial charge in [0.2, 0.25) is 0 Å². The second kappa shape index (κ2) is 7.67. The van der Waals surface area contributed by atoms with Crippen LogP contribution in [0.3, 0.4) is 0 Å². The van der Waals surface area contributed by atoms with Gasteiger partial charge in [0.15, 0.2) is 0 Å². The first kappa shape index (κ1) is 18.1. The molecule has 0 spiro atoms. The summed E-state index contributed by atoms with van der Waals surface area (Å²) >= 11 is 6.27. The molecule has 0 radical (unpaired) electrons. The smallest absolute Gasteiger partial charge is 0.348 e. The summed E-state index contributed by atoms with van der Waals surface area (Å²) < 4.78 is 6.01. The zero-order valence-corrected chi connectivity index (χ0v) is 16.8. The number of nitrogens with zero attached hydrogens (tertiary/aromatic N) is 3. The van der Waals surface area contributed by atoms with Crippen LogP contribution in [0.1, 0.15) is 28.0 Å². The molecule has 6 nitrogen and oxygen atoms in total. The highest BCUT2D eigenvalue weighted by Gasteiger charge is 2.20. The number of pyridine rings is 1. The maximum atomic E-state index is 12.1. The number of nitrogen functional groups attached to an aromatic ring is 1. The van der Waals surface area contributed by atoms with Gasteiger partial charge in [-0.25, -0.2) is 19.7 Å². The first-order valence-electron chi connectivity index (χ1n) is 7.47. The number of hydrogen-bond acceptors (Lipinski definition) is 8. The molecule has 3 aromatic heterocycles. The van der Waals surface area contributed by atoms with Gasteiger partial charge in [-0.05, 0) is 47.5 Å². The van der Waals surface area contributed by atoms with Crippen molar-refractivity contribution in [1.29, 1.82) is 0 Å². The van der Waals surface area contributed by atoms with E-state index in [9.17, 15) is 4.79 Å². The number of ether oxygens (including phenoxy) is 1. The molecule has 3 heterocycles. The molecule has 0 aliphatic carbocycles. The number of thioether (sulfide) groups is 1. The molecule has 9 heteroatoms. The van der Waals surface area contributed by atoms with E-state index in [-0.39, 0.29) is 5.97 Å². The first-order chi connectivity index (χ1) is 12.0. The summed E-state index contributed by atoms with van der Waals surface area (Å²) in [5, 5.41) is 1.58. The van der Waals surface area contributed by atoms with E-state index in [0.29, 0.717) is 33.7 Å². The molecule has 0 saturated heterocycles. The Kier molecular flexibility index (Phi) is 5.55. The van der Waals surface area contributed by atoms with Crippen molar-refractivity contribution in [2.45, 2.75) is 24.6 Å². The lowest BCUT2D eigenvalue weighted by Crippen LogP contribution is -2.04. The summed E-state index contributed by atoms with van der Waals surface area (Å²) in [7, 11) is 0. The molecule has 0 aliphatic heterocycles. The topological polar surface area (TPSA) is 91.0 Å². The molecule has 0 bridgehead atoms. The molecular formula is C16H15BrN4O2S2. The third kappa shape index (κ3) is 3.78. The van der Waals surface area contributed by atoms with Gasteiger partial charge in [-0.1, -0.05) is 11.8 Å². The summed E-state index contributed by atoms with van der Waals surface area (Å²) in [6.45, 7) is 3.94. The van der Waals surface area contributed by atoms with Crippen LogP contribution in [0.25, 0.3) is 10.2 Å². The second-order valence-electron chi connectivity index (χ2n) is 5.06.